The highest BCUT2D eigenvalue weighted by Crippen LogP contribution is 2.11. The predicted molar refractivity (Wildman–Crippen MR) is 72.2 cm³/mol. The Morgan fingerprint density at radius 1 is 1.33 bits per heavy atom. The van der Waals surface area contributed by atoms with Gasteiger partial charge in [-0.3, -0.25) is 4.68 Å². The summed E-state index contributed by atoms with van der Waals surface area (Å²) in [4.78, 5) is 11.1. The third kappa shape index (κ3) is 2.98. The summed E-state index contributed by atoms with van der Waals surface area (Å²) in [6.45, 7) is 0.552. The van der Waals surface area contributed by atoms with E-state index in [1.807, 2.05) is 30.3 Å². The topological polar surface area (TPSA) is 55.1 Å². The molecule has 0 aliphatic rings. The average Bonchev–Trinajstić information content (AvgIpc) is 2.74. The molecule has 0 radical (unpaired) electrons. The van der Waals surface area contributed by atoms with Gasteiger partial charge in [-0.15, -0.1) is 0 Å². The van der Waals surface area contributed by atoms with E-state index in [-0.39, 0.29) is 5.69 Å². The lowest BCUT2D eigenvalue weighted by atomic mass is 10.1. The van der Waals surface area contributed by atoms with Crippen LogP contribution in [0.5, 0.6) is 0 Å². The third-order valence-corrected chi connectivity index (χ3v) is 2.93. The fraction of sp³-hybridized carbons (Fsp3) is 0.231. The highest BCUT2D eigenvalue weighted by Gasteiger charge is 2.13. The van der Waals surface area contributed by atoms with Crippen LogP contribution in [0.25, 0.3) is 0 Å². The van der Waals surface area contributed by atoms with E-state index in [2.05, 4.69) is 21.0 Å². The summed E-state index contributed by atoms with van der Waals surface area (Å²) in [6, 6.07) is 11.5. The first-order chi connectivity index (χ1) is 8.70. The third-order valence-electron chi connectivity index (χ3n) is 2.57. The second-order valence-electron chi connectivity index (χ2n) is 3.90. The summed E-state index contributed by atoms with van der Waals surface area (Å²) in [5.41, 5.74) is 2.14. The molecule has 0 fully saturated rings. The first-order valence-corrected chi connectivity index (χ1v) is 6.73. The van der Waals surface area contributed by atoms with Gasteiger partial charge in [0.25, 0.3) is 0 Å². The van der Waals surface area contributed by atoms with Crippen LogP contribution >= 0.6 is 15.9 Å². The van der Waals surface area contributed by atoms with Gasteiger partial charge in [-0.2, -0.15) is 5.10 Å². The van der Waals surface area contributed by atoms with Crippen LogP contribution in [0.1, 0.15) is 21.7 Å². The number of alkyl halides is 1. The Hall–Kier alpha value is -1.62. The number of rotatable bonds is 5. The molecule has 0 spiro atoms. The van der Waals surface area contributed by atoms with Crippen LogP contribution < -0.4 is 0 Å². The van der Waals surface area contributed by atoms with Gasteiger partial charge in [0.15, 0.2) is 0 Å². The zero-order valence-corrected chi connectivity index (χ0v) is 11.3. The van der Waals surface area contributed by atoms with Crippen molar-refractivity contribution in [1.29, 1.82) is 0 Å². The largest absolute Gasteiger partial charge is 0.477 e. The van der Waals surface area contributed by atoms with Gasteiger partial charge < -0.3 is 5.11 Å². The molecule has 4 nitrogen and oxygen atoms in total. The van der Waals surface area contributed by atoms with Crippen molar-refractivity contribution in [2.45, 2.75) is 13.0 Å². The lowest BCUT2D eigenvalue weighted by Crippen LogP contribution is -2.10. The van der Waals surface area contributed by atoms with E-state index in [9.17, 15) is 4.79 Å². The second kappa shape index (κ2) is 5.82. The maximum absolute atomic E-state index is 11.1. The molecule has 1 aromatic carbocycles. The van der Waals surface area contributed by atoms with Crippen molar-refractivity contribution in [1.82, 2.24) is 9.78 Å². The molecule has 18 heavy (non-hydrogen) atoms. The molecule has 1 N–H and O–H groups in total. The SMILES string of the molecule is O=C(O)c1cc(Cc2ccccc2)nn1CCBr. The Morgan fingerprint density at radius 2 is 2.06 bits per heavy atom. The summed E-state index contributed by atoms with van der Waals surface area (Å²) in [6.07, 6.45) is 0.649. The van der Waals surface area contributed by atoms with Gasteiger partial charge >= 0.3 is 5.97 Å². The molecule has 0 saturated heterocycles. The number of halogens is 1. The van der Waals surface area contributed by atoms with Crippen LogP contribution in [-0.2, 0) is 13.0 Å². The maximum Gasteiger partial charge on any atom is 0.354 e. The minimum atomic E-state index is -0.942. The number of aromatic carboxylic acids is 1. The van der Waals surface area contributed by atoms with Gasteiger partial charge in [0, 0.05) is 11.8 Å². The Morgan fingerprint density at radius 3 is 2.67 bits per heavy atom. The van der Waals surface area contributed by atoms with E-state index in [0.717, 1.165) is 11.3 Å². The quantitative estimate of drug-likeness (QED) is 0.864. The van der Waals surface area contributed by atoms with Crippen LogP contribution in [0.3, 0.4) is 0 Å². The van der Waals surface area contributed by atoms with E-state index in [1.54, 1.807) is 6.07 Å². The first-order valence-electron chi connectivity index (χ1n) is 5.60. The van der Waals surface area contributed by atoms with E-state index >= 15 is 0 Å². The summed E-state index contributed by atoms with van der Waals surface area (Å²) >= 11 is 3.29. The zero-order chi connectivity index (χ0) is 13.0. The van der Waals surface area contributed by atoms with Gasteiger partial charge in [0.2, 0.25) is 0 Å². The summed E-state index contributed by atoms with van der Waals surface area (Å²) in [5.74, 6) is -0.942. The fourth-order valence-electron chi connectivity index (χ4n) is 1.78. The molecule has 0 aliphatic heterocycles. The number of aromatic nitrogens is 2. The number of carboxylic acid groups (broad SMARTS) is 1. The number of hydrogen-bond donors (Lipinski definition) is 1. The number of hydrogen-bond acceptors (Lipinski definition) is 2. The van der Waals surface area contributed by atoms with Crippen LogP contribution in [0, 0.1) is 0 Å². The van der Waals surface area contributed by atoms with E-state index in [1.165, 1.54) is 4.68 Å². The summed E-state index contributed by atoms with van der Waals surface area (Å²) in [7, 11) is 0. The highest BCUT2D eigenvalue weighted by molar-refractivity contribution is 9.09. The van der Waals surface area contributed by atoms with Gasteiger partial charge in [0.1, 0.15) is 5.69 Å². The molecule has 0 bridgehead atoms. The van der Waals surface area contributed by atoms with E-state index in [4.69, 9.17) is 5.11 Å². The van der Waals surface area contributed by atoms with E-state index < -0.39 is 5.97 Å². The van der Waals surface area contributed by atoms with Crippen LogP contribution in [0.2, 0.25) is 0 Å². The van der Waals surface area contributed by atoms with Crippen molar-refractivity contribution < 1.29 is 9.90 Å². The molecule has 0 aliphatic carbocycles. The van der Waals surface area contributed by atoms with E-state index in [0.29, 0.717) is 18.3 Å². The van der Waals surface area contributed by atoms with Gasteiger partial charge in [-0.25, -0.2) is 4.79 Å². The molecule has 0 amide bonds. The molecule has 2 aromatic rings. The number of benzene rings is 1. The fourth-order valence-corrected chi connectivity index (χ4v) is 2.12. The van der Waals surface area contributed by atoms with Crippen molar-refractivity contribution in [3.63, 3.8) is 0 Å². The lowest BCUT2D eigenvalue weighted by Gasteiger charge is -2.00. The minimum Gasteiger partial charge on any atom is -0.477 e. The molecule has 0 saturated carbocycles. The molecule has 2 rings (SSSR count). The Bertz CT molecular complexity index is 537. The number of nitrogens with zero attached hydrogens (tertiary/aromatic N) is 2. The summed E-state index contributed by atoms with van der Waals surface area (Å²) < 4.78 is 1.52. The Labute approximate surface area is 113 Å². The number of carbonyl (C=O) groups is 1. The Kier molecular flexibility index (Phi) is 4.15. The standard InChI is InChI=1S/C13H13BrN2O2/c14-6-7-16-12(13(17)18)9-11(15-16)8-10-4-2-1-3-5-10/h1-5,9H,6-8H2,(H,17,18). The average molecular weight is 309 g/mol. The van der Waals surface area contributed by atoms with Gasteiger partial charge in [0.05, 0.1) is 12.2 Å². The smallest absolute Gasteiger partial charge is 0.354 e. The predicted octanol–water partition coefficient (Wildman–Crippen LogP) is 2.57. The van der Waals surface area contributed by atoms with Gasteiger partial charge in [-0.05, 0) is 11.6 Å². The number of carboxylic acids is 1. The molecular weight excluding hydrogens is 296 g/mol. The van der Waals surface area contributed by atoms with Crippen LogP contribution in [0.15, 0.2) is 36.4 Å². The van der Waals surface area contributed by atoms with Crippen LogP contribution in [0.4, 0.5) is 0 Å². The summed E-state index contributed by atoms with van der Waals surface area (Å²) in [5, 5.41) is 14.1. The Balaban J connectivity index is 2.24. The molecule has 5 heteroatoms. The molecule has 1 aromatic heterocycles. The van der Waals surface area contributed by atoms with Crippen LogP contribution in [-0.4, -0.2) is 26.2 Å². The van der Waals surface area contributed by atoms with Crippen molar-refractivity contribution in [2.75, 3.05) is 5.33 Å². The van der Waals surface area contributed by atoms with Gasteiger partial charge in [-0.1, -0.05) is 46.3 Å². The van der Waals surface area contributed by atoms with Crippen molar-refractivity contribution in [2.24, 2.45) is 0 Å². The monoisotopic (exact) mass is 308 g/mol. The lowest BCUT2D eigenvalue weighted by molar-refractivity contribution is 0.0683. The molecular formula is C13H13BrN2O2. The second-order valence-corrected chi connectivity index (χ2v) is 4.69. The molecule has 94 valence electrons. The number of aryl methyl sites for hydroxylation is 1. The zero-order valence-electron chi connectivity index (χ0n) is 9.71. The minimum absolute atomic E-state index is 0.236. The maximum atomic E-state index is 11.1. The van der Waals surface area contributed by atoms with Crippen molar-refractivity contribution >= 4 is 21.9 Å². The molecule has 1 heterocycles. The first kappa shape index (κ1) is 12.8. The molecule has 0 unspecified atom stereocenters. The highest BCUT2D eigenvalue weighted by atomic mass is 79.9. The normalized spacial score (nSPS) is 10.5. The molecule has 0 atom stereocenters. The van der Waals surface area contributed by atoms with Crippen molar-refractivity contribution in [3.05, 3.63) is 53.3 Å². The van der Waals surface area contributed by atoms with Crippen molar-refractivity contribution in [3.8, 4) is 0 Å².